The first-order valence-electron chi connectivity index (χ1n) is 10.1. The van der Waals surface area contributed by atoms with Crippen molar-refractivity contribution >= 4 is 23.6 Å². The van der Waals surface area contributed by atoms with Crippen LogP contribution in [0.25, 0.3) is 0 Å². The Hall–Kier alpha value is -3.85. The molecule has 1 aromatic heterocycles. The number of aryl methyl sites for hydroxylation is 1. The average Bonchev–Trinajstić information content (AvgIpc) is 2.72. The number of esters is 2. The fourth-order valence-electron chi connectivity index (χ4n) is 1.98. The summed E-state index contributed by atoms with van der Waals surface area (Å²) in [6.07, 6.45) is -9.38. The van der Waals surface area contributed by atoms with Crippen molar-refractivity contribution in [3.05, 3.63) is 45.1 Å². The first kappa shape index (κ1) is 46.0. The Balaban J connectivity index is -0.000000157. The number of carbonyl (C=O) groups excluding carboxylic acids is 4. The number of rotatable bonds is 7. The number of allylic oxidation sites excluding steroid dienone is 2. The average molecular weight is 597 g/mol. The quantitative estimate of drug-likeness (QED) is 0.148. The van der Waals surface area contributed by atoms with Gasteiger partial charge in [0, 0.05) is 6.08 Å². The Kier molecular flexibility index (Phi) is 24.2. The van der Waals surface area contributed by atoms with Crippen LogP contribution in [0.15, 0.2) is 22.7 Å². The second-order valence-corrected chi connectivity index (χ2v) is 6.56. The number of hydrogen-bond acceptors (Lipinski definition) is 8. The van der Waals surface area contributed by atoms with Crippen LogP contribution in [0.2, 0.25) is 0 Å². The molecule has 40 heavy (non-hydrogen) atoms. The van der Waals surface area contributed by atoms with Crippen molar-refractivity contribution in [2.75, 3.05) is 20.3 Å². The molecular weight excluding hydrogens is 558 g/mol. The van der Waals surface area contributed by atoms with E-state index >= 15 is 0 Å². The van der Waals surface area contributed by atoms with Crippen LogP contribution >= 0.6 is 0 Å². The molecule has 0 aliphatic carbocycles. The maximum absolute atomic E-state index is 12.3. The van der Waals surface area contributed by atoms with Crippen molar-refractivity contribution < 1.29 is 59.7 Å². The van der Waals surface area contributed by atoms with Gasteiger partial charge in [-0.2, -0.15) is 26.3 Å². The van der Waals surface area contributed by atoms with E-state index in [0.29, 0.717) is 12.1 Å². The molecule has 0 aliphatic rings. The van der Waals surface area contributed by atoms with Crippen molar-refractivity contribution in [3.8, 4) is 0 Å². The molecular formula is C24H38F6N2O8. The Morgan fingerprint density at radius 3 is 1.77 bits per heavy atom. The molecule has 1 aromatic rings. The minimum absolute atomic E-state index is 0. The van der Waals surface area contributed by atoms with Crippen LogP contribution in [0.5, 0.6) is 0 Å². The number of primary amides is 1. The summed E-state index contributed by atoms with van der Waals surface area (Å²) in [5.41, 5.74) is 1.92. The molecule has 10 nitrogen and oxygen atoms in total. The third-order valence-electron chi connectivity index (χ3n) is 3.58. The van der Waals surface area contributed by atoms with Crippen molar-refractivity contribution in [1.29, 1.82) is 0 Å². The zero-order chi connectivity index (χ0) is 29.6. The topological polar surface area (TPSA) is 155 Å². The van der Waals surface area contributed by atoms with Gasteiger partial charge < -0.3 is 24.9 Å². The highest BCUT2D eigenvalue weighted by Crippen LogP contribution is 2.27. The lowest BCUT2D eigenvalue weighted by Crippen LogP contribution is -2.25. The van der Waals surface area contributed by atoms with Gasteiger partial charge in [-0.15, -0.1) is 0 Å². The summed E-state index contributed by atoms with van der Waals surface area (Å²) in [6, 6.07) is 0.702. The van der Waals surface area contributed by atoms with E-state index in [0.717, 1.165) is 0 Å². The lowest BCUT2D eigenvalue weighted by Gasteiger charge is -2.09. The second-order valence-electron chi connectivity index (χ2n) is 6.56. The molecule has 234 valence electrons. The number of ketones is 1. The molecule has 0 aromatic carbocycles. The summed E-state index contributed by atoms with van der Waals surface area (Å²) in [7, 11) is 1.19. The molecule has 1 rings (SSSR count). The maximum Gasteiger partial charge on any atom is 0.454 e. The van der Waals surface area contributed by atoms with Gasteiger partial charge in [0.1, 0.15) is 17.7 Å². The number of halogens is 6. The molecule has 1 heterocycles. The van der Waals surface area contributed by atoms with Crippen molar-refractivity contribution in [2.24, 2.45) is 5.73 Å². The molecule has 0 unspecified atom stereocenters. The van der Waals surface area contributed by atoms with Crippen LogP contribution in [0, 0.1) is 6.92 Å². The van der Waals surface area contributed by atoms with Crippen molar-refractivity contribution in [1.82, 2.24) is 4.98 Å². The SMILES string of the molecule is C.C.C.CCOC(=O)CC(N)=O.CCOC(=O)c1c(C)cc(C(F)(F)F)[nH]c1=O.COC(C)=CC(=O)C(F)(F)F. The van der Waals surface area contributed by atoms with Gasteiger partial charge in [0.15, 0.2) is 0 Å². The lowest BCUT2D eigenvalue weighted by molar-refractivity contribution is -0.165. The Bertz CT molecular complexity index is 1030. The third-order valence-corrected chi connectivity index (χ3v) is 3.58. The summed E-state index contributed by atoms with van der Waals surface area (Å²) in [4.78, 5) is 54.8. The van der Waals surface area contributed by atoms with Crippen molar-refractivity contribution in [3.63, 3.8) is 0 Å². The number of H-pyrrole nitrogens is 1. The molecule has 0 saturated carbocycles. The number of pyridine rings is 1. The van der Waals surface area contributed by atoms with E-state index in [2.05, 4.69) is 19.9 Å². The largest absolute Gasteiger partial charge is 0.501 e. The van der Waals surface area contributed by atoms with E-state index in [-0.39, 0.29) is 53.2 Å². The van der Waals surface area contributed by atoms with E-state index in [4.69, 9.17) is 0 Å². The minimum Gasteiger partial charge on any atom is -0.501 e. The lowest BCUT2D eigenvalue weighted by atomic mass is 10.1. The number of carbonyl (C=O) groups is 4. The number of aromatic nitrogens is 1. The Morgan fingerprint density at radius 1 is 0.975 bits per heavy atom. The molecule has 0 atom stereocenters. The fourth-order valence-corrected chi connectivity index (χ4v) is 1.98. The van der Waals surface area contributed by atoms with Gasteiger partial charge >= 0.3 is 24.3 Å². The zero-order valence-corrected chi connectivity index (χ0v) is 20.4. The van der Waals surface area contributed by atoms with Gasteiger partial charge in [-0.25, -0.2) is 4.79 Å². The van der Waals surface area contributed by atoms with Crippen LogP contribution in [0.3, 0.4) is 0 Å². The van der Waals surface area contributed by atoms with Gasteiger partial charge in [0.05, 0.1) is 26.1 Å². The molecule has 0 bridgehead atoms. The van der Waals surface area contributed by atoms with E-state index in [1.807, 2.05) is 0 Å². The minimum atomic E-state index is -4.81. The smallest absolute Gasteiger partial charge is 0.454 e. The number of nitrogens with two attached hydrogens (primary N) is 1. The predicted octanol–water partition coefficient (Wildman–Crippen LogP) is 4.88. The number of ether oxygens (including phenoxy) is 3. The molecule has 0 fully saturated rings. The van der Waals surface area contributed by atoms with Gasteiger partial charge in [-0.3, -0.25) is 19.2 Å². The Labute approximate surface area is 228 Å². The standard InChI is InChI=1S/C10H10F3NO3.C6H7F3O2.C5H9NO3.3CH4/c1-3-17-9(16)7-5(2)4-6(10(11,12)13)14-8(7)15;1-4(11-2)3-5(10)6(7,8)9;1-2-9-5(8)3-4(6)7;;;/h4H,3H2,1-2H3,(H,14,15);3H,1-2H3;2-3H2,1H3,(H2,6,7);3*1H4. The van der Waals surface area contributed by atoms with Crippen LogP contribution in [0.4, 0.5) is 26.3 Å². The number of alkyl halides is 6. The highest BCUT2D eigenvalue weighted by Gasteiger charge is 2.36. The number of methoxy groups -OCH3 is 1. The number of nitrogens with one attached hydrogen (secondary N) is 1. The van der Waals surface area contributed by atoms with E-state index in [1.54, 1.807) is 11.9 Å². The maximum atomic E-state index is 12.3. The first-order valence-corrected chi connectivity index (χ1v) is 10.1. The van der Waals surface area contributed by atoms with E-state index in [9.17, 15) is 50.3 Å². The second kappa shape index (κ2) is 21.0. The first-order chi connectivity index (χ1) is 16.8. The molecule has 0 radical (unpaired) electrons. The highest BCUT2D eigenvalue weighted by atomic mass is 19.4. The molecule has 0 spiro atoms. The normalized spacial score (nSPS) is 10.3. The Morgan fingerprint density at radius 2 is 1.45 bits per heavy atom. The van der Waals surface area contributed by atoms with Crippen molar-refractivity contribution in [2.45, 2.75) is 68.7 Å². The van der Waals surface area contributed by atoms with Crippen LogP contribution in [0.1, 0.15) is 71.1 Å². The number of amides is 1. The van der Waals surface area contributed by atoms with Gasteiger partial charge in [-0.1, -0.05) is 22.3 Å². The zero-order valence-electron chi connectivity index (χ0n) is 20.4. The predicted molar refractivity (Wildman–Crippen MR) is 135 cm³/mol. The van der Waals surface area contributed by atoms with E-state index in [1.165, 1.54) is 27.9 Å². The molecule has 16 heteroatoms. The van der Waals surface area contributed by atoms with E-state index < -0.39 is 52.8 Å². The fraction of sp³-hybridized carbons (Fsp3) is 0.542. The highest BCUT2D eigenvalue weighted by molar-refractivity contribution is 5.94. The van der Waals surface area contributed by atoms with Gasteiger partial charge in [0.25, 0.3) is 11.3 Å². The van der Waals surface area contributed by atoms with Crippen LogP contribution < -0.4 is 11.3 Å². The summed E-state index contributed by atoms with van der Waals surface area (Å²) < 4.78 is 84.9. The van der Waals surface area contributed by atoms with Gasteiger partial charge in [-0.05, 0) is 39.3 Å². The summed E-state index contributed by atoms with van der Waals surface area (Å²) in [5.74, 6) is -4.12. The molecule has 1 amide bonds. The van der Waals surface area contributed by atoms with Gasteiger partial charge in [0.2, 0.25) is 5.91 Å². The third kappa shape index (κ3) is 19.3. The monoisotopic (exact) mass is 596 g/mol. The molecule has 0 saturated heterocycles. The number of aromatic amines is 1. The number of hydrogen-bond donors (Lipinski definition) is 2. The summed E-state index contributed by atoms with van der Waals surface area (Å²) in [6.45, 7) is 6.04. The molecule has 3 N–H and O–H groups in total. The summed E-state index contributed by atoms with van der Waals surface area (Å²) in [5, 5.41) is 0. The van der Waals surface area contributed by atoms with Crippen LogP contribution in [-0.4, -0.2) is 55.1 Å². The molecule has 0 aliphatic heterocycles. The summed E-state index contributed by atoms with van der Waals surface area (Å²) >= 11 is 0. The van der Waals surface area contributed by atoms with Crippen LogP contribution in [-0.2, 0) is 34.8 Å².